The Bertz CT molecular complexity index is 2010. The molecule has 1 aliphatic heterocycles. The number of H-pyrrole nitrogens is 2. The molecule has 1 amide bonds. The number of amides is 1. The number of hydrogen-bond donors (Lipinski definition) is 10. The number of anilines is 3. The zero-order valence-corrected chi connectivity index (χ0v) is 28.3. The van der Waals surface area contributed by atoms with Crippen LogP contribution in [0.25, 0.3) is 0 Å². The Labute approximate surface area is 292 Å². The lowest BCUT2D eigenvalue weighted by atomic mass is 10.1. The summed E-state index contributed by atoms with van der Waals surface area (Å²) < 4.78 is 22.1. The van der Waals surface area contributed by atoms with Gasteiger partial charge in [0.15, 0.2) is 0 Å². The normalized spacial score (nSPS) is 17.7. The van der Waals surface area contributed by atoms with Crippen LogP contribution in [-0.2, 0) is 30.0 Å². The number of carboxylic acid groups (broad SMARTS) is 2. The Kier molecular flexibility index (Phi) is 12.7. The highest BCUT2D eigenvalue weighted by Crippen LogP contribution is 2.38. The van der Waals surface area contributed by atoms with Crippen LogP contribution < -0.4 is 38.1 Å². The van der Waals surface area contributed by atoms with E-state index in [2.05, 4.69) is 30.1 Å². The van der Waals surface area contributed by atoms with Crippen molar-refractivity contribution in [2.24, 2.45) is 0 Å². The molecule has 0 aliphatic carbocycles. The summed E-state index contributed by atoms with van der Waals surface area (Å²) in [6, 6.07) is 4.49. The van der Waals surface area contributed by atoms with E-state index in [1.165, 1.54) is 42.3 Å². The highest BCUT2D eigenvalue weighted by Gasteiger charge is 2.37. The smallest absolute Gasteiger partial charge is 0.469 e. The first-order chi connectivity index (χ1) is 24.4. The second-order valence-corrected chi connectivity index (χ2v) is 12.9. The average molecular weight is 753 g/mol. The fourth-order valence-electron chi connectivity index (χ4n) is 5.35. The Balaban J connectivity index is 1.51. The van der Waals surface area contributed by atoms with Gasteiger partial charge in [-0.05, 0) is 37.6 Å². The molecule has 4 rings (SSSR count). The summed E-state index contributed by atoms with van der Waals surface area (Å²) >= 11 is 0. The van der Waals surface area contributed by atoms with E-state index < -0.39 is 80.0 Å². The molecule has 3 heterocycles. The van der Waals surface area contributed by atoms with E-state index in [1.54, 1.807) is 0 Å². The summed E-state index contributed by atoms with van der Waals surface area (Å²) in [7, 11) is -4.87. The number of aliphatic carboxylic acids is 2. The van der Waals surface area contributed by atoms with E-state index >= 15 is 0 Å². The lowest BCUT2D eigenvalue weighted by Crippen LogP contribution is -2.41. The van der Waals surface area contributed by atoms with E-state index in [9.17, 15) is 43.5 Å². The number of phosphoric acid groups is 1. The minimum atomic E-state index is -4.87. The number of aryl methyl sites for hydroxylation is 1. The van der Waals surface area contributed by atoms with Gasteiger partial charge in [-0.1, -0.05) is 0 Å². The summed E-state index contributed by atoms with van der Waals surface area (Å²) in [5.74, 6) is -3.46. The minimum Gasteiger partial charge on any atom is -0.481 e. The Hall–Kier alpha value is -5.38. The molecular weight excluding hydrogens is 715 g/mol. The molecule has 0 saturated carbocycles. The van der Waals surface area contributed by atoms with Crippen molar-refractivity contribution < 1.29 is 53.3 Å². The van der Waals surface area contributed by atoms with Gasteiger partial charge >= 0.3 is 25.5 Å². The molecule has 2 aromatic heterocycles. The fraction of sp³-hybridized carbons (Fsp3) is 0.414. The number of aliphatic hydroxyl groups is 1. The summed E-state index contributed by atoms with van der Waals surface area (Å²) in [6.07, 6.45) is -3.37. The number of nitrogens with two attached hydrogens (primary N) is 1. The molecule has 22 nitrogen and oxygen atoms in total. The van der Waals surface area contributed by atoms with Gasteiger partial charge in [-0.25, -0.2) is 19.1 Å². The molecule has 0 spiro atoms. The molecule has 23 heteroatoms. The Morgan fingerprint density at radius 1 is 1.15 bits per heavy atom. The number of carbonyl (C=O) groups is 3. The molecule has 1 unspecified atom stereocenters. The number of hydrogen-bond acceptors (Lipinski definition) is 14. The Morgan fingerprint density at radius 3 is 2.46 bits per heavy atom. The Morgan fingerprint density at radius 2 is 1.85 bits per heavy atom. The number of aliphatic hydroxyl groups excluding tert-OH is 1. The first kappa shape index (κ1) is 39.4. The highest BCUT2D eigenvalue weighted by molar-refractivity contribution is 7.46. The number of rotatable bonds is 17. The first-order valence-electron chi connectivity index (χ1n) is 15.5. The number of nitrogen functional groups attached to an aromatic ring is 1. The van der Waals surface area contributed by atoms with Crippen LogP contribution in [0.15, 0.2) is 44.8 Å². The molecule has 52 heavy (non-hydrogen) atoms. The number of aromatic nitrogens is 4. The van der Waals surface area contributed by atoms with Crippen LogP contribution in [0.5, 0.6) is 0 Å². The van der Waals surface area contributed by atoms with Gasteiger partial charge in [-0.3, -0.25) is 38.2 Å². The molecule has 282 valence electrons. The number of nitrogens with one attached hydrogen (secondary N) is 4. The third-order valence-corrected chi connectivity index (χ3v) is 8.32. The quantitative estimate of drug-likeness (QED) is 0.0696. The monoisotopic (exact) mass is 752 g/mol. The van der Waals surface area contributed by atoms with E-state index in [1.807, 2.05) is 0 Å². The van der Waals surface area contributed by atoms with Gasteiger partial charge < -0.3 is 51.1 Å². The molecule has 1 saturated heterocycles. The molecule has 0 radical (unpaired) electrons. The fourth-order valence-corrected chi connectivity index (χ4v) is 5.69. The van der Waals surface area contributed by atoms with E-state index in [-0.39, 0.29) is 60.9 Å². The van der Waals surface area contributed by atoms with Crippen molar-refractivity contribution in [3.8, 4) is 0 Å². The lowest BCUT2D eigenvalue weighted by molar-refractivity contribution is -0.140. The topological polar surface area (TPSA) is 342 Å². The predicted octanol–water partition coefficient (Wildman–Crippen LogP) is -1.57. The number of benzene rings is 1. The van der Waals surface area contributed by atoms with Crippen LogP contribution in [0, 0.1) is 6.92 Å². The molecule has 11 N–H and O–H groups in total. The molecule has 1 aliphatic rings. The number of carboxylic acids is 2. The third kappa shape index (κ3) is 10.6. The van der Waals surface area contributed by atoms with Crippen LogP contribution in [0.1, 0.15) is 47.1 Å². The van der Waals surface area contributed by atoms with Gasteiger partial charge in [-0.15, -0.1) is 0 Å². The zero-order chi connectivity index (χ0) is 38.3. The molecule has 0 bridgehead atoms. The SMILES string of the molecule is Cc1nc(N)[nH]c(=O)c1N(CCNc1ccc(C(=O)NC(CCC(=O)O)C(=O)O)cc1)Cc1cn([C@H]2C[C@H](O)[C@@H](COP(=O)(O)O)O2)c(=O)[nH]c1=O. The van der Waals surface area contributed by atoms with E-state index in [0.29, 0.717) is 5.69 Å². The van der Waals surface area contributed by atoms with Crippen LogP contribution in [0.4, 0.5) is 17.3 Å². The molecule has 4 atom stereocenters. The van der Waals surface area contributed by atoms with Crippen LogP contribution in [0.2, 0.25) is 0 Å². The number of ether oxygens (including phenoxy) is 1. The van der Waals surface area contributed by atoms with Crippen LogP contribution in [-0.4, -0.2) is 100 Å². The van der Waals surface area contributed by atoms with Crippen LogP contribution in [0.3, 0.4) is 0 Å². The maximum absolute atomic E-state index is 13.0. The second-order valence-electron chi connectivity index (χ2n) is 11.6. The van der Waals surface area contributed by atoms with E-state index in [4.69, 9.17) is 25.4 Å². The van der Waals surface area contributed by atoms with Gasteiger partial charge in [0.1, 0.15) is 24.1 Å². The average Bonchev–Trinajstić information content (AvgIpc) is 3.42. The minimum absolute atomic E-state index is 0.0124. The van der Waals surface area contributed by atoms with Crippen molar-refractivity contribution in [1.29, 1.82) is 0 Å². The van der Waals surface area contributed by atoms with Crippen molar-refractivity contribution >= 4 is 43.0 Å². The van der Waals surface area contributed by atoms with Crippen molar-refractivity contribution in [2.75, 3.05) is 35.6 Å². The summed E-state index contributed by atoms with van der Waals surface area (Å²) in [4.78, 5) is 102. The largest absolute Gasteiger partial charge is 0.481 e. The van der Waals surface area contributed by atoms with Crippen molar-refractivity contribution in [3.63, 3.8) is 0 Å². The van der Waals surface area contributed by atoms with Gasteiger partial charge in [-0.2, -0.15) is 0 Å². The number of carbonyl (C=O) groups excluding carboxylic acids is 1. The van der Waals surface area contributed by atoms with Crippen molar-refractivity contribution in [2.45, 2.75) is 57.2 Å². The number of phosphoric ester groups is 1. The lowest BCUT2D eigenvalue weighted by Gasteiger charge is -2.26. The predicted molar refractivity (Wildman–Crippen MR) is 180 cm³/mol. The molecular formula is C29H37N8O14P. The molecule has 1 fully saturated rings. The standard InChI is InChI=1S/C29H37N8O14P/c1-14-23(26(43)34-28(30)32-14)36(9-8-31-17-4-2-15(3-5-17)24(41)33-18(27(44)45)6-7-22(39)40)11-16-12-37(29(46)35-25(16)42)21-10-19(38)20(51-21)13-50-52(47,48)49/h2-5,12,18-21,31,38H,6-11,13H2,1H3,(H,33,41)(H,39,40)(H,44,45)(H,35,42,46)(H2,47,48,49)(H3,30,32,34,43)/t18?,19-,20+,21+/m0/s1. The summed E-state index contributed by atoms with van der Waals surface area (Å²) in [5.41, 5.74) is 4.28. The third-order valence-electron chi connectivity index (χ3n) is 7.84. The van der Waals surface area contributed by atoms with Gasteiger partial charge in [0.25, 0.3) is 17.0 Å². The van der Waals surface area contributed by atoms with Gasteiger partial charge in [0.05, 0.1) is 30.5 Å². The van der Waals surface area contributed by atoms with Crippen molar-refractivity contribution in [3.05, 3.63) is 78.5 Å². The highest BCUT2D eigenvalue weighted by atomic mass is 31.2. The molecule has 3 aromatic rings. The van der Waals surface area contributed by atoms with Gasteiger partial charge in [0.2, 0.25) is 5.95 Å². The van der Waals surface area contributed by atoms with Gasteiger partial charge in [0, 0.05) is 43.4 Å². The first-order valence-corrected chi connectivity index (χ1v) is 17.0. The zero-order valence-electron chi connectivity index (χ0n) is 27.4. The second kappa shape index (κ2) is 16.8. The molecule has 1 aromatic carbocycles. The number of nitrogens with zero attached hydrogens (tertiary/aromatic N) is 3. The maximum atomic E-state index is 13.0. The maximum Gasteiger partial charge on any atom is 0.469 e. The summed E-state index contributed by atoms with van der Waals surface area (Å²) in [5, 5.41) is 33.9. The van der Waals surface area contributed by atoms with Crippen molar-refractivity contribution in [1.82, 2.24) is 24.8 Å². The summed E-state index contributed by atoms with van der Waals surface area (Å²) in [6.45, 7) is 0.803. The number of aromatic amines is 2. The van der Waals surface area contributed by atoms with Crippen LogP contribution >= 0.6 is 7.82 Å². The van der Waals surface area contributed by atoms with E-state index in [0.717, 1.165) is 4.57 Å².